The maximum absolute atomic E-state index is 13.4. The number of carbonyl (C=O) groups excluding carboxylic acids is 1. The molecule has 0 radical (unpaired) electrons. The molecule has 0 aliphatic heterocycles. The minimum Gasteiger partial charge on any atom is -0.325 e. The summed E-state index contributed by atoms with van der Waals surface area (Å²) in [6.07, 6.45) is 1.72. The Kier molecular flexibility index (Phi) is 6.92. The van der Waals surface area contributed by atoms with Gasteiger partial charge in [-0.3, -0.25) is 4.79 Å². The van der Waals surface area contributed by atoms with E-state index in [9.17, 15) is 13.2 Å². The fourth-order valence-corrected chi connectivity index (χ4v) is 5.57. The first-order valence-corrected chi connectivity index (χ1v) is 12.8. The van der Waals surface area contributed by atoms with Crippen molar-refractivity contribution in [1.82, 2.24) is 8.68 Å². The molecule has 0 aliphatic rings. The molecule has 4 rings (SSSR count). The highest BCUT2D eigenvalue weighted by molar-refractivity contribution is 9.10. The number of halogens is 2. The molecule has 1 heterocycles. The van der Waals surface area contributed by atoms with Crippen LogP contribution in [0.15, 0.2) is 82.3 Å². The predicted octanol–water partition coefficient (Wildman–Crippen LogP) is 5.54. The van der Waals surface area contributed by atoms with E-state index in [-0.39, 0.29) is 18.0 Å². The van der Waals surface area contributed by atoms with Crippen molar-refractivity contribution in [3.05, 3.63) is 88.0 Å². The van der Waals surface area contributed by atoms with Gasteiger partial charge in [-0.2, -0.15) is 8.68 Å². The molecule has 6 nitrogen and oxygen atoms in total. The van der Waals surface area contributed by atoms with E-state index in [4.69, 9.17) is 11.6 Å². The monoisotopic (exact) mass is 549 g/mol. The average molecular weight is 551 g/mol. The van der Waals surface area contributed by atoms with Crippen molar-refractivity contribution < 1.29 is 13.2 Å². The first-order chi connectivity index (χ1) is 15.3. The molecule has 0 saturated carbocycles. The van der Waals surface area contributed by atoms with Crippen LogP contribution in [0.3, 0.4) is 0 Å². The zero-order chi connectivity index (χ0) is 22.7. The van der Waals surface area contributed by atoms with Gasteiger partial charge in [0.1, 0.15) is 0 Å². The van der Waals surface area contributed by atoms with Crippen molar-refractivity contribution in [2.45, 2.75) is 11.4 Å². The smallest absolute Gasteiger partial charge is 0.243 e. The van der Waals surface area contributed by atoms with Gasteiger partial charge in [-0.05, 0) is 65.6 Å². The van der Waals surface area contributed by atoms with Crippen LogP contribution in [0.5, 0.6) is 0 Å². The van der Waals surface area contributed by atoms with Gasteiger partial charge in [0.05, 0.1) is 16.1 Å². The van der Waals surface area contributed by atoms with Gasteiger partial charge < -0.3 is 5.32 Å². The fraction of sp³-hybridized carbons (Fsp3) is 0.0909. The van der Waals surface area contributed by atoms with E-state index < -0.39 is 15.9 Å². The van der Waals surface area contributed by atoms with Crippen molar-refractivity contribution >= 4 is 70.8 Å². The van der Waals surface area contributed by atoms with Crippen LogP contribution in [0.2, 0.25) is 5.02 Å². The molecule has 1 amide bonds. The molecule has 0 unspecified atom stereocenters. The minimum atomic E-state index is -3.96. The highest BCUT2D eigenvalue weighted by Crippen LogP contribution is 2.25. The van der Waals surface area contributed by atoms with Crippen molar-refractivity contribution in [3.63, 3.8) is 0 Å². The highest BCUT2D eigenvalue weighted by Gasteiger charge is 2.27. The van der Waals surface area contributed by atoms with E-state index in [2.05, 4.69) is 25.6 Å². The van der Waals surface area contributed by atoms with Gasteiger partial charge in [-0.15, -0.1) is 0 Å². The van der Waals surface area contributed by atoms with E-state index in [1.165, 1.54) is 23.7 Å². The molecule has 0 bridgehead atoms. The molecule has 0 fully saturated rings. The van der Waals surface area contributed by atoms with E-state index in [0.717, 1.165) is 18.9 Å². The third-order valence-electron chi connectivity index (χ3n) is 4.71. The zero-order valence-electron chi connectivity index (χ0n) is 16.5. The Morgan fingerprint density at radius 1 is 1.09 bits per heavy atom. The molecule has 3 aromatic carbocycles. The molecule has 0 aliphatic carbocycles. The largest absolute Gasteiger partial charge is 0.325 e. The number of nitrogens with zero attached hydrogens (tertiary/aromatic N) is 2. The first-order valence-electron chi connectivity index (χ1n) is 9.46. The van der Waals surface area contributed by atoms with Gasteiger partial charge in [-0.1, -0.05) is 45.7 Å². The summed E-state index contributed by atoms with van der Waals surface area (Å²) < 4.78 is 33.7. The molecule has 0 atom stereocenters. The highest BCUT2D eigenvalue weighted by atomic mass is 79.9. The lowest BCUT2D eigenvalue weighted by atomic mass is 10.2. The van der Waals surface area contributed by atoms with Crippen LogP contribution in [0.4, 0.5) is 5.69 Å². The van der Waals surface area contributed by atoms with Crippen LogP contribution < -0.4 is 5.32 Å². The molecule has 10 heteroatoms. The van der Waals surface area contributed by atoms with Crippen LogP contribution in [0.1, 0.15) is 5.56 Å². The number of carbonyl (C=O) groups is 1. The van der Waals surface area contributed by atoms with E-state index in [1.807, 2.05) is 6.07 Å². The number of benzene rings is 3. The SMILES string of the molecule is O=C(CN(Cc1ccccc1Cl)S(=O)(=O)c1ccc(Br)cc1)Nc1ccc2sncc2c1. The third kappa shape index (κ3) is 5.19. The molecule has 0 spiro atoms. The van der Waals surface area contributed by atoms with Gasteiger partial charge in [0, 0.05) is 33.3 Å². The Hall–Kier alpha value is -2.30. The van der Waals surface area contributed by atoms with Gasteiger partial charge >= 0.3 is 0 Å². The summed E-state index contributed by atoms with van der Waals surface area (Å²) in [7, 11) is -3.96. The van der Waals surface area contributed by atoms with Gasteiger partial charge in [0.15, 0.2) is 0 Å². The lowest BCUT2D eigenvalue weighted by Crippen LogP contribution is -2.37. The average Bonchev–Trinajstić information content (AvgIpc) is 3.23. The standard InChI is InChI=1S/C22H17BrClN3O3S2/c23-17-5-8-19(9-6-17)32(29,30)27(13-15-3-1-2-4-20(15)24)14-22(28)26-18-7-10-21-16(11-18)12-25-31-21/h1-12H,13-14H2,(H,26,28). The lowest BCUT2D eigenvalue weighted by Gasteiger charge is -2.22. The Morgan fingerprint density at radius 2 is 1.84 bits per heavy atom. The summed E-state index contributed by atoms with van der Waals surface area (Å²) in [5.41, 5.74) is 1.18. The van der Waals surface area contributed by atoms with Gasteiger partial charge in [-0.25, -0.2) is 8.42 Å². The fourth-order valence-electron chi connectivity index (χ4n) is 3.11. The third-order valence-corrected chi connectivity index (χ3v) is 8.19. The van der Waals surface area contributed by atoms with E-state index >= 15 is 0 Å². The van der Waals surface area contributed by atoms with Crippen LogP contribution in [0.25, 0.3) is 10.1 Å². The van der Waals surface area contributed by atoms with E-state index in [1.54, 1.807) is 54.7 Å². The number of nitrogens with one attached hydrogen (secondary N) is 1. The molecular formula is C22H17BrClN3O3S2. The molecule has 1 aromatic heterocycles. The van der Waals surface area contributed by atoms with Crippen molar-refractivity contribution in [1.29, 1.82) is 0 Å². The van der Waals surface area contributed by atoms with Crippen molar-refractivity contribution in [3.8, 4) is 0 Å². The van der Waals surface area contributed by atoms with Gasteiger partial charge in [0.2, 0.25) is 15.9 Å². The minimum absolute atomic E-state index is 0.0427. The van der Waals surface area contributed by atoms with Crippen molar-refractivity contribution in [2.75, 3.05) is 11.9 Å². The number of rotatable bonds is 7. The molecule has 0 saturated heterocycles. The summed E-state index contributed by atoms with van der Waals surface area (Å²) in [5.74, 6) is -0.458. The first kappa shape index (κ1) is 22.9. The van der Waals surface area contributed by atoms with E-state index in [0.29, 0.717) is 16.3 Å². The number of fused-ring (bicyclic) bond motifs is 1. The second kappa shape index (κ2) is 9.68. The second-order valence-electron chi connectivity index (χ2n) is 6.95. The maximum Gasteiger partial charge on any atom is 0.243 e. The summed E-state index contributed by atoms with van der Waals surface area (Å²) in [6.45, 7) is -0.414. The lowest BCUT2D eigenvalue weighted by molar-refractivity contribution is -0.116. The predicted molar refractivity (Wildman–Crippen MR) is 131 cm³/mol. The number of amides is 1. The number of sulfonamides is 1. The quantitative estimate of drug-likeness (QED) is 0.328. The normalized spacial score (nSPS) is 11.7. The van der Waals surface area contributed by atoms with Crippen LogP contribution >= 0.6 is 39.1 Å². The van der Waals surface area contributed by atoms with Gasteiger partial charge in [0.25, 0.3) is 0 Å². The number of hydrogen-bond donors (Lipinski definition) is 1. The maximum atomic E-state index is 13.4. The Balaban J connectivity index is 1.61. The number of anilines is 1. The number of aromatic nitrogens is 1. The summed E-state index contributed by atoms with van der Waals surface area (Å²) in [4.78, 5) is 12.9. The molecular weight excluding hydrogens is 534 g/mol. The molecule has 1 N–H and O–H groups in total. The van der Waals surface area contributed by atoms with Crippen LogP contribution in [0, 0.1) is 0 Å². The summed E-state index contributed by atoms with van der Waals surface area (Å²) in [6, 6.07) is 18.7. The van der Waals surface area contributed by atoms with Crippen LogP contribution in [-0.2, 0) is 21.4 Å². The Labute approximate surface area is 203 Å². The Morgan fingerprint density at radius 3 is 2.59 bits per heavy atom. The Bertz CT molecular complexity index is 1370. The zero-order valence-corrected chi connectivity index (χ0v) is 20.5. The topological polar surface area (TPSA) is 79.4 Å². The van der Waals surface area contributed by atoms with Crippen molar-refractivity contribution in [2.24, 2.45) is 0 Å². The molecule has 4 aromatic rings. The molecule has 32 heavy (non-hydrogen) atoms. The summed E-state index contributed by atoms with van der Waals surface area (Å²) >= 11 is 10.9. The second-order valence-corrected chi connectivity index (χ2v) is 11.0. The summed E-state index contributed by atoms with van der Waals surface area (Å²) in [5, 5.41) is 4.11. The van der Waals surface area contributed by atoms with Crippen LogP contribution in [-0.4, -0.2) is 29.5 Å². The molecule has 164 valence electrons. The number of hydrogen-bond acceptors (Lipinski definition) is 5.